The van der Waals surface area contributed by atoms with E-state index in [-0.39, 0.29) is 11.7 Å². The summed E-state index contributed by atoms with van der Waals surface area (Å²) >= 11 is 0. The van der Waals surface area contributed by atoms with E-state index in [2.05, 4.69) is 34.5 Å². The molecule has 2 aromatic carbocycles. The Balaban J connectivity index is 1.50. The lowest BCUT2D eigenvalue weighted by Gasteiger charge is -2.17. The Labute approximate surface area is 136 Å². The second-order valence-corrected chi connectivity index (χ2v) is 5.92. The van der Waals surface area contributed by atoms with Gasteiger partial charge in [0, 0.05) is 30.9 Å². The molecule has 0 saturated carbocycles. The topological polar surface area (TPSA) is 32.3 Å². The molecule has 1 aliphatic rings. The summed E-state index contributed by atoms with van der Waals surface area (Å²) in [4.78, 5) is 14.3. The Hall–Kier alpha value is -2.36. The van der Waals surface area contributed by atoms with Crippen molar-refractivity contribution < 1.29 is 9.18 Å². The lowest BCUT2D eigenvalue weighted by Crippen LogP contribution is -2.17. The van der Waals surface area contributed by atoms with Gasteiger partial charge in [-0.05, 0) is 55.2 Å². The number of nitrogens with one attached hydrogen (secondary N) is 1. The van der Waals surface area contributed by atoms with Crippen LogP contribution in [-0.2, 0) is 11.2 Å². The molecule has 1 fully saturated rings. The molecule has 1 saturated heterocycles. The van der Waals surface area contributed by atoms with Gasteiger partial charge in [-0.15, -0.1) is 0 Å². The zero-order valence-electron chi connectivity index (χ0n) is 13.1. The van der Waals surface area contributed by atoms with E-state index in [0.717, 1.165) is 18.7 Å². The average Bonchev–Trinajstić information content (AvgIpc) is 3.08. The maximum Gasteiger partial charge on any atom is 0.224 e. The number of halogens is 1. The molecule has 0 spiro atoms. The largest absolute Gasteiger partial charge is 0.372 e. The van der Waals surface area contributed by atoms with Crippen molar-refractivity contribution in [2.24, 2.45) is 0 Å². The fourth-order valence-electron chi connectivity index (χ4n) is 2.90. The molecule has 3 rings (SSSR count). The maximum absolute atomic E-state index is 13.1. The Morgan fingerprint density at radius 2 is 1.83 bits per heavy atom. The van der Waals surface area contributed by atoms with Crippen LogP contribution < -0.4 is 10.2 Å². The molecule has 0 unspecified atom stereocenters. The van der Waals surface area contributed by atoms with Crippen molar-refractivity contribution in [1.82, 2.24) is 0 Å². The van der Waals surface area contributed by atoms with E-state index in [9.17, 15) is 9.18 Å². The van der Waals surface area contributed by atoms with Gasteiger partial charge >= 0.3 is 0 Å². The summed E-state index contributed by atoms with van der Waals surface area (Å²) in [7, 11) is 0. The highest BCUT2D eigenvalue weighted by molar-refractivity contribution is 5.90. The Morgan fingerprint density at radius 1 is 1.09 bits per heavy atom. The average molecular weight is 312 g/mol. The van der Waals surface area contributed by atoms with Crippen LogP contribution in [0.1, 0.15) is 24.8 Å². The highest BCUT2D eigenvalue weighted by Gasteiger charge is 2.12. The van der Waals surface area contributed by atoms with E-state index in [0.29, 0.717) is 18.5 Å². The lowest BCUT2D eigenvalue weighted by atomic mass is 10.1. The second kappa shape index (κ2) is 7.27. The third-order valence-corrected chi connectivity index (χ3v) is 4.16. The summed E-state index contributed by atoms with van der Waals surface area (Å²) in [5.41, 5.74) is 2.90. The van der Waals surface area contributed by atoms with Gasteiger partial charge in [-0.2, -0.15) is 0 Å². The molecule has 120 valence electrons. The number of amides is 1. The fraction of sp³-hybridized carbons (Fsp3) is 0.316. The molecule has 1 heterocycles. The molecular formula is C19H21FN2O. The van der Waals surface area contributed by atoms with Gasteiger partial charge in [-0.25, -0.2) is 4.39 Å². The molecule has 0 aliphatic carbocycles. The van der Waals surface area contributed by atoms with Crippen LogP contribution in [0.25, 0.3) is 0 Å². The zero-order chi connectivity index (χ0) is 16.1. The molecule has 1 amide bonds. The van der Waals surface area contributed by atoms with Gasteiger partial charge in [0.2, 0.25) is 5.91 Å². The molecule has 3 nitrogen and oxygen atoms in total. The van der Waals surface area contributed by atoms with Crippen molar-refractivity contribution in [3.05, 3.63) is 59.9 Å². The van der Waals surface area contributed by atoms with Crippen LogP contribution in [0.3, 0.4) is 0 Å². The van der Waals surface area contributed by atoms with Gasteiger partial charge in [-0.1, -0.05) is 18.2 Å². The highest BCUT2D eigenvalue weighted by atomic mass is 19.1. The van der Waals surface area contributed by atoms with Crippen LogP contribution in [0.5, 0.6) is 0 Å². The molecule has 1 aliphatic heterocycles. The number of hydrogen-bond donors (Lipinski definition) is 1. The quantitative estimate of drug-likeness (QED) is 0.905. The Kier molecular flexibility index (Phi) is 4.91. The number of carbonyl (C=O) groups is 1. The molecule has 0 aromatic heterocycles. The summed E-state index contributed by atoms with van der Waals surface area (Å²) < 4.78 is 13.1. The smallest absolute Gasteiger partial charge is 0.224 e. The van der Waals surface area contributed by atoms with Crippen molar-refractivity contribution in [2.45, 2.75) is 25.7 Å². The van der Waals surface area contributed by atoms with Crippen molar-refractivity contribution in [3.8, 4) is 0 Å². The number of rotatable bonds is 5. The summed E-state index contributed by atoms with van der Waals surface area (Å²) in [5.74, 6) is -0.445. The van der Waals surface area contributed by atoms with Crippen LogP contribution in [0.2, 0.25) is 0 Å². The van der Waals surface area contributed by atoms with Crippen molar-refractivity contribution >= 4 is 17.3 Å². The van der Waals surface area contributed by atoms with E-state index in [4.69, 9.17) is 0 Å². The third kappa shape index (κ3) is 4.31. The minimum Gasteiger partial charge on any atom is -0.372 e. The summed E-state index contributed by atoms with van der Waals surface area (Å²) in [6, 6.07) is 14.4. The van der Waals surface area contributed by atoms with Gasteiger partial charge in [-0.3, -0.25) is 4.79 Å². The second-order valence-electron chi connectivity index (χ2n) is 5.92. The number of hydrogen-bond acceptors (Lipinski definition) is 2. The van der Waals surface area contributed by atoms with E-state index in [1.807, 2.05) is 0 Å². The van der Waals surface area contributed by atoms with Crippen LogP contribution >= 0.6 is 0 Å². The first-order chi connectivity index (χ1) is 11.2. The monoisotopic (exact) mass is 312 g/mol. The van der Waals surface area contributed by atoms with Crippen molar-refractivity contribution in [1.29, 1.82) is 0 Å². The molecular weight excluding hydrogens is 291 g/mol. The first-order valence-corrected chi connectivity index (χ1v) is 8.10. The molecule has 1 N–H and O–H groups in total. The predicted molar refractivity (Wildman–Crippen MR) is 91.2 cm³/mol. The highest BCUT2D eigenvalue weighted by Crippen LogP contribution is 2.21. The maximum atomic E-state index is 13.1. The minimum absolute atomic E-state index is 0.0979. The van der Waals surface area contributed by atoms with Crippen LogP contribution in [0.15, 0.2) is 48.5 Å². The van der Waals surface area contributed by atoms with Gasteiger partial charge in [0.25, 0.3) is 0 Å². The number of carbonyl (C=O) groups excluding carboxylic acids is 1. The van der Waals surface area contributed by atoms with E-state index >= 15 is 0 Å². The normalized spacial score (nSPS) is 14.0. The summed E-state index contributed by atoms with van der Waals surface area (Å²) in [6.07, 6.45) is 3.60. The van der Waals surface area contributed by atoms with E-state index in [1.165, 1.54) is 30.7 Å². The number of benzene rings is 2. The fourth-order valence-corrected chi connectivity index (χ4v) is 2.90. The molecule has 0 bridgehead atoms. The summed E-state index contributed by atoms with van der Waals surface area (Å²) in [5, 5.41) is 2.72. The molecule has 4 heteroatoms. The molecule has 0 atom stereocenters. The van der Waals surface area contributed by atoms with Gasteiger partial charge in [0.15, 0.2) is 0 Å². The van der Waals surface area contributed by atoms with Gasteiger partial charge < -0.3 is 10.2 Å². The Morgan fingerprint density at radius 3 is 2.52 bits per heavy atom. The molecule has 23 heavy (non-hydrogen) atoms. The predicted octanol–water partition coefficient (Wildman–Crippen LogP) is 4.00. The van der Waals surface area contributed by atoms with Crippen LogP contribution in [0, 0.1) is 5.82 Å². The van der Waals surface area contributed by atoms with Crippen molar-refractivity contribution in [3.63, 3.8) is 0 Å². The third-order valence-electron chi connectivity index (χ3n) is 4.16. The van der Waals surface area contributed by atoms with Crippen LogP contribution in [-0.4, -0.2) is 19.0 Å². The Bertz CT molecular complexity index is 663. The number of aryl methyl sites for hydroxylation is 1. The van der Waals surface area contributed by atoms with E-state index in [1.54, 1.807) is 12.1 Å². The van der Waals surface area contributed by atoms with Crippen LogP contribution in [0.4, 0.5) is 15.8 Å². The molecule has 0 radical (unpaired) electrons. The SMILES string of the molecule is O=C(CCc1ccc(N2CCCC2)cc1)Nc1cccc(F)c1. The minimum atomic E-state index is -0.347. The number of anilines is 2. The molecule has 2 aromatic rings. The van der Waals surface area contributed by atoms with Gasteiger partial charge in [0.1, 0.15) is 5.82 Å². The van der Waals surface area contributed by atoms with Gasteiger partial charge in [0.05, 0.1) is 0 Å². The lowest BCUT2D eigenvalue weighted by molar-refractivity contribution is -0.116. The summed E-state index contributed by atoms with van der Waals surface area (Å²) in [6.45, 7) is 2.27. The van der Waals surface area contributed by atoms with Crippen molar-refractivity contribution in [2.75, 3.05) is 23.3 Å². The number of nitrogens with zero attached hydrogens (tertiary/aromatic N) is 1. The zero-order valence-corrected chi connectivity index (χ0v) is 13.1. The van der Waals surface area contributed by atoms with E-state index < -0.39 is 0 Å². The first kappa shape index (κ1) is 15.5. The standard InChI is InChI=1S/C19H21FN2O/c20-16-4-3-5-17(14-16)21-19(23)11-8-15-6-9-18(10-7-15)22-12-1-2-13-22/h3-7,9-10,14H,1-2,8,11-13H2,(H,21,23). The first-order valence-electron chi connectivity index (χ1n) is 8.10.